The largest absolute Gasteiger partial charge is 0.383 e. The number of nitrogens with one attached hydrogen (secondary N) is 1. The van der Waals surface area contributed by atoms with Gasteiger partial charge in [0.15, 0.2) is 0 Å². The second-order valence-electron chi connectivity index (χ2n) is 5.64. The van der Waals surface area contributed by atoms with Crippen LogP contribution in [0, 0.1) is 6.92 Å². The molecule has 1 aromatic heterocycles. The Morgan fingerprint density at radius 3 is 2.76 bits per heavy atom. The smallest absolute Gasteiger partial charge is 0.0690 e. The van der Waals surface area contributed by atoms with Crippen LogP contribution in [-0.2, 0) is 11.3 Å². The molecule has 2 rings (SSSR count). The number of hydrogen-bond acceptors (Lipinski definition) is 3. The van der Waals surface area contributed by atoms with E-state index in [0.29, 0.717) is 5.92 Å². The van der Waals surface area contributed by atoms with Gasteiger partial charge < -0.3 is 10.1 Å². The third-order valence-corrected chi connectivity index (χ3v) is 3.48. The van der Waals surface area contributed by atoms with Gasteiger partial charge in [-0.15, -0.1) is 0 Å². The number of aryl methyl sites for hydroxylation is 1. The highest BCUT2D eigenvalue weighted by Crippen LogP contribution is 2.18. The van der Waals surface area contributed by atoms with Crippen molar-refractivity contribution < 1.29 is 4.74 Å². The van der Waals surface area contributed by atoms with Crippen molar-refractivity contribution in [3.8, 4) is 5.69 Å². The van der Waals surface area contributed by atoms with Crippen LogP contribution in [0.1, 0.15) is 36.6 Å². The Balaban J connectivity index is 2.20. The van der Waals surface area contributed by atoms with Crippen LogP contribution in [0.5, 0.6) is 0 Å². The Morgan fingerprint density at radius 1 is 1.29 bits per heavy atom. The standard InChI is InChI=1S/C17H25N3O/c1-13(2)16-7-9-20(19-16)17-6-5-14(3)11-15(17)12-18-8-10-21-4/h5-7,9,11,13,18H,8,10,12H2,1-4H3. The maximum atomic E-state index is 5.07. The maximum absolute atomic E-state index is 5.07. The Bertz CT molecular complexity index is 575. The number of rotatable bonds is 7. The monoisotopic (exact) mass is 287 g/mol. The fourth-order valence-corrected chi connectivity index (χ4v) is 2.26. The second kappa shape index (κ2) is 7.38. The molecule has 114 valence electrons. The van der Waals surface area contributed by atoms with E-state index in [1.807, 2.05) is 10.9 Å². The Morgan fingerprint density at radius 2 is 2.10 bits per heavy atom. The molecule has 0 unspecified atom stereocenters. The predicted molar refractivity (Wildman–Crippen MR) is 86.0 cm³/mol. The molecule has 4 heteroatoms. The van der Waals surface area contributed by atoms with Crippen molar-refractivity contribution in [1.29, 1.82) is 0 Å². The zero-order valence-corrected chi connectivity index (χ0v) is 13.4. The summed E-state index contributed by atoms with van der Waals surface area (Å²) < 4.78 is 7.04. The predicted octanol–water partition coefficient (Wildman–Crippen LogP) is 3.04. The highest BCUT2D eigenvalue weighted by atomic mass is 16.5. The summed E-state index contributed by atoms with van der Waals surface area (Å²) in [7, 11) is 1.72. The van der Waals surface area contributed by atoms with E-state index in [-0.39, 0.29) is 0 Å². The minimum atomic E-state index is 0.444. The quantitative estimate of drug-likeness (QED) is 0.796. The van der Waals surface area contributed by atoms with Crippen LogP contribution in [0.25, 0.3) is 5.69 Å². The summed E-state index contributed by atoms with van der Waals surface area (Å²) in [5.41, 5.74) is 4.77. The van der Waals surface area contributed by atoms with Crippen LogP contribution in [-0.4, -0.2) is 30.0 Å². The maximum Gasteiger partial charge on any atom is 0.0690 e. The van der Waals surface area contributed by atoms with Gasteiger partial charge in [-0.05, 0) is 30.5 Å². The summed E-state index contributed by atoms with van der Waals surface area (Å²) in [5, 5.41) is 8.08. The lowest BCUT2D eigenvalue weighted by atomic mass is 10.1. The second-order valence-corrected chi connectivity index (χ2v) is 5.64. The number of aromatic nitrogens is 2. The van der Waals surface area contributed by atoms with E-state index in [0.717, 1.165) is 31.1 Å². The minimum Gasteiger partial charge on any atom is -0.383 e. The Labute approximate surface area is 127 Å². The van der Waals surface area contributed by atoms with Crippen molar-refractivity contribution in [2.24, 2.45) is 0 Å². The van der Waals surface area contributed by atoms with Gasteiger partial charge in [0.25, 0.3) is 0 Å². The van der Waals surface area contributed by atoms with E-state index in [1.165, 1.54) is 11.1 Å². The molecule has 0 aliphatic heterocycles. The highest BCUT2D eigenvalue weighted by Gasteiger charge is 2.08. The normalized spacial score (nSPS) is 11.3. The van der Waals surface area contributed by atoms with Crippen LogP contribution in [0.15, 0.2) is 30.5 Å². The first-order chi connectivity index (χ1) is 10.1. The minimum absolute atomic E-state index is 0.444. The van der Waals surface area contributed by atoms with Crippen molar-refractivity contribution in [3.05, 3.63) is 47.3 Å². The summed E-state index contributed by atoms with van der Waals surface area (Å²) in [6.45, 7) is 8.83. The fraction of sp³-hybridized carbons (Fsp3) is 0.471. The van der Waals surface area contributed by atoms with Gasteiger partial charge in [0.05, 0.1) is 18.0 Å². The lowest BCUT2D eigenvalue weighted by molar-refractivity contribution is 0.199. The zero-order chi connectivity index (χ0) is 15.2. The average Bonchev–Trinajstić information content (AvgIpc) is 2.93. The molecule has 0 atom stereocenters. The topological polar surface area (TPSA) is 39.1 Å². The van der Waals surface area contributed by atoms with Crippen LogP contribution in [0.3, 0.4) is 0 Å². The summed E-state index contributed by atoms with van der Waals surface area (Å²) in [6.07, 6.45) is 2.04. The zero-order valence-electron chi connectivity index (χ0n) is 13.4. The van der Waals surface area contributed by atoms with Gasteiger partial charge in [-0.25, -0.2) is 4.68 Å². The van der Waals surface area contributed by atoms with Gasteiger partial charge in [0.1, 0.15) is 0 Å². The molecule has 0 spiro atoms. The number of methoxy groups -OCH3 is 1. The SMILES string of the molecule is COCCNCc1cc(C)ccc1-n1ccc(C(C)C)n1. The van der Waals surface area contributed by atoms with Gasteiger partial charge in [-0.2, -0.15) is 5.10 Å². The molecule has 1 aromatic carbocycles. The van der Waals surface area contributed by atoms with Crippen molar-refractivity contribution in [2.45, 2.75) is 33.2 Å². The number of hydrogen-bond donors (Lipinski definition) is 1. The van der Waals surface area contributed by atoms with Crippen LogP contribution >= 0.6 is 0 Å². The van der Waals surface area contributed by atoms with Crippen molar-refractivity contribution >= 4 is 0 Å². The molecule has 0 saturated carbocycles. The third kappa shape index (κ3) is 4.16. The van der Waals surface area contributed by atoms with E-state index in [9.17, 15) is 0 Å². The van der Waals surface area contributed by atoms with E-state index < -0.39 is 0 Å². The molecule has 0 amide bonds. The number of nitrogens with zero attached hydrogens (tertiary/aromatic N) is 2. The summed E-state index contributed by atoms with van der Waals surface area (Å²) in [6, 6.07) is 8.57. The molecule has 0 bridgehead atoms. The molecule has 2 aromatic rings. The van der Waals surface area contributed by atoms with Gasteiger partial charge in [-0.3, -0.25) is 0 Å². The molecule has 1 heterocycles. The first kappa shape index (κ1) is 15.7. The van der Waals surface area contributed by atoms with Gasteiger partial charge in [-0.1, -0.05) is 31.5 Å². The third-order valence-electron chi connectivity index (χ3n) is 3.48. The molecule has 1 N–H and O–H groups in total. The van der Waals surface area contributed by atoms with Crippen molar-refractivity contribution in [3.63, 3.8) is 0 Å². The molecule has 0 aliphatic carbocycles. The first-order valence-electron chi connectivity index (χ1n) is 7.47. The molecule has 4 nitrogen and oxygen atoms in total. The molecular formula is C17H25N3O. The molecule has 0 fully saturated rings. The Kier molecular flexibility index (Phi) is 5.53. The van der Waals surface area contributed by atoms with Crippen LogP contribution in [0.4, 0.5) is 0 Å². The van der Waals surface area contributed by atoms with E-state index >= 15 is 0 Å². The first-order valence-corrected chi connectivity index (χ1v) is 7.47. The molecule has 21 heavy (non-hydrogen) atoms. The number of benzene rings is 1. The summed E-state index contributed by atoms with van der Waals surface area (Å²) in [5.74, 6) is 0.444. The van der Waals surface area contributed by atoms with Crippen molar-refractivity contribution in [1.82, 2.24) is 15.1 Å². The van der Waals surface area contributed by atoms with Crippen molar-refractivity contribution in [2.75, 3.05) is 20.3 Å². The van der Waals surface area contributed by atoms with E-state index in [4.69, 9.17) is 4.74 Å². The highest BCUT2D eigenvalue weighted by molar-refractivity contribution is 5.43. The summed E-state index contributed by atoms with van der Waals surface area (Å²) >= 11 is 0. The molecule has 0 radical (unpaired) electrons. The Hall–Kier alpha value is -1.65. The lowest BCUT2D eigenvalue weighted by Crippen LogP contribution is -2.19. The molecular weight excluding hydrogens is 262 g/mol. The van der Waals surface area contributed by atoms with E-state index in [2.05, 4.69) is 55.5 Å². The van der Waals surface area contributed by atoms with Gasteiger partial charge in [0, 0.05) is 26.4 Å². The molecule has 0 saturated heterocycles. The summed E-state index contributed by atoms with van der Waals surface area (Å²) in [4.78, 5) is 0. The van der Waals surface area contributed by atoms with Gasteiger partial charge >= 0.3 is 0 Å². The number of ether oxygens (including phenoxy) is 1. The van der Waals surface area contributed by atoms with E-state index in [1.54, 1.807) is 7.11 Å². The van der Waals surface area contributed by atoms with Crippen LogP contribution < -0.4 is 5.32 Å². The average molecular weight is 287 g/mol. The fourth-order valence-electron chi connectivity index (χ4n) is 2.26. The van der Waals surface area contributed by atoms with Gasteiger partial charge in [0.2, 0.25) is 0 Å². The van der Waals surface area contributed by atoms with Crippen LogP contribution in [0.2, 0.25) is 0 Å². The molecule has 0 aliphatic rings. The lowest BCUT2D eigenvalue weighted by Gasteiger charge is -2.12.